The first-order valence-electron chi connectivity index (χ1n) is 6.38. The molecule has 6 nitrogen and oxygen atoms in total. The van der Waals surface area contributed by atoms with Crippen LogP contribution in [-0.2, 0) is 9.53 Å². The van der Waals surface area contributed by atoms with Crippen molar-refractivity contribution in [3.8, 4) is 6.07 Å². The van der Waals surface area contributed by atoms with Crippen LogP contribution in [0.15, 0.2) is 22.1 Å². The number of likely N-dealkylation sites (N-methyl/N-ethyl adjacent to an activating group) is 1. The largest absolute Gasteiger partial charge is 0.441 e. The first kappa shape index (κ1) is 14.2. The minimum Gasteiger partial charge on any atom is -0.441 e. The molecule has 0 radical (unpaired) electrons. The normalized spacial score (nSPS) is 15.8. The van der Waals surface area contributed by atoms with Crippen molar-refractivity contribution in [1.29, 1.82) is 5.26 Å². The number of ether oxygens (including phenoxy) is 1. The monoisotopic (exact) mass is 275 g/mol. The third-order valence-corrected chi connectivity index (χ3v) is 2.98. The van der Waals surface area contributed by atoms with E-state index in [-0.39, 0.29) is 11.5 Å². The second-order valence-electron chi connectivity index (χ2n) is 4.64. The van der Waals surface area contributed by atoms with Gasteiger partial charge in [-0.25, -0.2) is 0 Å². The number of furan rings is 1. The predicted octanol–water partition coefficient (Wildman–Crippen LogP) is 1.11. The average molecular weight is 275 g/mol. The van der Waals surface area contributed by atoms with E-state index in [0.29, 0.717) is 19.0 Å². The standard InChI is InChI=1S/C14H17N3O3/c1-16(2)14(18)11(10-15)9-12-3-4-13(20-12)17-5-7-19-8-6-17/h3-4,9H,5-8H2,1-2H3/b11-9-. The molecule has 20 heavy (non-hydrogen) atoms. The summed E-state index contributed by atoms with van der Waals surface area (Å²) >= 11 is 0. The van der Waals surface area contributed by atoms with E-state index in [9.17, 15) is 4.79 Å². The molecule has 0 bridgehead atoms. The Hall–Kier alpha value is -2.26. The van der Waals surface area contributed by atoms with Gasteiger partial charge in [-0.05, 0) is 6.07 Å². The van der Waals surface area contributed by atoms with Gasteiger partial charge in [-0.3, -0.25) is 4.79 Å². The molecule has 106 valence electrons. The number of carbonyl (C=O) groups excluding carboxylic acids is 1. The topological polar surface area (TPSA) is 69.7 Å². The maximum atomic E-state index is 11.8. The van der Waals surface area contributed by atoms with Crippen LogP contribution >= 0.6 is 0 Å². The van der Waals surface area contributed by atoms with Crippen LogP contribution in [0.3, 0.4) is 0 Å². The fourth-order valence-corrected chi connectivity index (χ4v) is 1.90. The van der Waals surface area contributed by atoms with Crippen LogP contribution in [0.5, 0.6) is 0 Å². The summed E-state index contributed by atoms with van der Waals surface area (Å²) in [5.74, 6) is 0.893. The number of carbonyl (C=O) groups is 1. The molecule has 1 amide bonds. The Morgan fingerprint density at radius 3 is 2.70 bits per heavy atom. The summed E-state index contributed by atoms with van der Waals surface area (Å²) in [4.78, 5) is 15.2. The Bertz CT molecular complexity index is 548. The van der Waals surface area contributed by atoms with Crippen molar-refractivity contribution in [3.05, 3.63) is 23.5 Å². The van der Waals surface area contributed by atoms with Gasteiger partial charge in [0.05, 0.1) is 13.2 Å². The molecule has 0 atom stereocenters. The molecule has 1 aliphatic rings. The highest BCUT2D eigenvalue weighted by Crippen LogP contribution is 2.21. The van der Waals surface area contributed by atoms with Crippen LogP contribution < -0.4 is 4.90 Å². The Labute approximate surface area is 117 Å². The summed E-state index contributed by atoms with van der Waals surface area (Å²) in [7, 11) is 3.21. The van der Waals surface area contributed by atoms with Crippen LogP contribution in [0, 0.1) is 11.3 Å². The van der Waals surface area contributed by atoms with Gasteiger partial charge in [0.25, 0.3) is 5.91 Å². The molecule has 0 unspecified atom stereocenters. The number of morpholine rings is 1. The fourth-order valence-electron chi connectivity index (χ4n) is 1.90. The Morgan fingerprint density at radius 2 is 2.10 bits per heavy atom. The second-order valence-corrected chi connectivity index (χ2v) is 4.64. The maximum Gasteiger partial charge on any atom is 0.264 e. The van der Waals surface area contributed by atoms with Gasteiger partial charge in [0, 0.05) is 39.3 Å². The number of amides is 1. The molecule has 1 saturated heterocycles. The number of nitrogens with zero attached hydrogens (tertiary/aromatic N) is 3. The van der Waals surface area contributed by atoms with Crippen LogP contribution in [0.2, 0.25) is 0 Å². The Morgan fingerprint density at radius 1 is 1.40 bits per heavy atom. The van der Waals surface area contributed by atoms with E-state index in [0.717, 1.165) is 19.0 Å². The van der Waals surface area contributed by atoms with E-state index in [1.54, 1.807) is 20.2 Å². The van der Waals surface area contributed by atoms with E-state index in [1.165, 1.54) is 11.0 Å². The van der Waals surface area contributed by atoms with Gasteiger partial charge in [-0.1, -0.05) is 0 Å². The number of anilines is 1. The molecule has 1 aromatic rings. The van der Waals surface area contributed by atoms with Crippen LogP contribution in [0.1, 0.15) is 5.76 Å². The summed E-state index contributed by atoms with van der Waals surface area (Å²) in [5.41, 5.74) is 0.0536. The molecule has 2 rings (SSSR count). The second kappa shape index (κ2) is 6.26. The van der Waals surface area contributed by atoms with Gasteiger partial charge >= 0.3 is 0 Å². The quantitative estimate of drug-likeness (QED) is 0.610. The highest BCUT2D eigenvalue weighted by Gasteiger charge is 2.16. The molecule has 1 fully saturated rings. The molecule has 0 aliphatic carbocycles. The van der Waals surface area contributed by atoms with Gasteiger partial charge in [0.15, 0.2) is 5.88 Å². The number of nitriles is 1. The van der Waals surface area contributed by atoms with Gasteiger partial charge in [0.1, 0.15) is 17.4 Å². The first-order valence-corrected chi connectivity index (χ1v) is 6.38. The molecule has 1 aromatic heterocycles. The van der Waals surface area contributed by atoms with E-state index < -0.39 is 0 Å². The lowest BCUT2D eigenvalue weighted by Gasteiger charge is -2.26. The summed E-state index contributed by atoms with van der Waals surface area (Å²) in [5, 5.41) is 9.03. The minimum atomic E-state index is -0.336. The van der Waals surface area contributed by atoms with Gasteiger partial charge < -0.3 is 19.0 Å². The zero-order chi connectivity index (χ0) is 14.5. The van der Waals surface area contributed by atoms with Gasteiger partial charge in [-0.15, -0.1) is 0 Å². The Balaban J connectivity index is 2.15. The third-order valence-electron chi connectivity index (χ3n) is 2.98. The fraction of sp³-hybridized carbons (Fsp3) is 0.429. The summed E-state index contributed by atoms with van der Waals surface area (Å²) < 4.78 is 10.9. The zero-order valence-corrected chi connectivity index (χ0v) is 11.6. The van der Waals surface area contributed by atoms with Crippen LogP contribution in [-0.4, -0.2) is 51.2 Å². The van der Waals surface area contributed by atoms with E-state index >= 15 is 0 Å². The first-order chi connectivity index (χ1) is 9.61. The Kier molecular flexibility index (Phi) is 4.43. The van der Waals surface area contributed by atoms with Crippen molar-refractivity contribution in [2.75, 3.05) is 45.3 Å². The molecular formula is C14H17N3O3. The lowest BCUT2D eigenvalue weighted by Crippen LogP contribution is -2.35. The van der Waals surface area contributed by atoms with Gasteiger partial charge in [-0.2, -0.15) is 5.26 Å². The molecule has 0 saturated carbocycles. The van der Waals surface area contributed by atoms with Crippen molar-refractivity contribution in [1.82, 2.24) is 4.90 Å². The molecule has 0 aromatic carbocycles. The number of hydrogen-bond acceptors (Lipinski definition) is 5. The zero-order valence-electron chi connectivity index (χ0n) is 11.6. The van der Waals surface area contributed by atoms with E-state index in [1.807, 2.05) is 12.1 Å². The summed E-state index contributed by atoms with van der Waals surface area (Å²) in [6.07, 6.45) is 1.46. The van der Waals surface area contributed by atoms with E-state index in [2.05, 4.69) is 4.90 Å². The van der Waals surface area contributed by atoms with Crippen LogP contribution in [0.4, 0.5) is 5.88 Å². The summed E-state index contributed by atoms with van der Waals surface area (Å²) in [6, 6.07) is 5.49. The highest BCUT2D eigenvalue weighted by atomic mass is 16.5. The van der Waals surface area contributed by atoms with E-state index in [4.69, 9.17) is 14.4 Å². The van der Waals surface area contributed by atoms with Crippen molar-refractivity contribution in [2.24, 2.45) is 0 Å². The molecular weight excluding hydrogens is 258 g/mol. The molecule has 2 heterocycles. The number of hydrogen-bond donors (Lipinski definition) is 0. The predicted molar refractivity (Wildman–Crippen MR) is 74.0 cm³/mol. The van der Waals surface area contributed by atoms with Crippen molar-refractivity contribution in [3.63, 3.8) is 0 Å². The van der Waals surface area contributed by atoms with Crippen molar-refractivity contribution in [2.45, 2.75) is 0 Å². The average Bonchev–Trinajstić information content (AvgIpc) is 2.93. The summed E-state index contributed by atoms with van der Waals surface area (Å²) in [6.45, 7) is 2.90. The minimum absolute atomic E-state index is 0.0536. The smallest absolute Gasteiger partial charge is 0.264 e. The number of rotatable bonds is 3. The molecule has 6 heteroatoms. The SMILES string of the molecule is CN(C)C(=O)/C(C#N)=C\c1ccc(N2CCOCC2)o1. The van der Waals surface area contributed by atoms with Crippen molar-refractivity contribution < 1.29 is 13.9 Å². The third kappa shape index (κ3) is 3.19. The molecule has 1 aliphatic heterocycles. The van der Waals surface area contributed by atoms with Gasteiger partial charge in [0.2, 0.25) is 0 Å². The van der Waals surface area contributed by atoms with Crippen LogP contribution in [0.25, 0.3) is 6.08 Å². The highest BCUT2D eigenvalue weighted by molar-refractivity contribution is 6.01. The lowest BCUT2D eigenvalue weighted by atomic mass is 10.2. The maximum absolute atomic E-state index is 11.8. The molecule has 0 spiro atoms. The van der Waals surface area contributed by atoms with Crippen molar-refractivity contribution >= 4 is 17.9 Å². The lowest BCUT2D eigenvalue weighted by molar-refractivity contribution is -0.124. The molecule has 0 N–H and O–H groups in total.